The van der Waals surface area contributed by atoms with Crippen LogP contribution in [0.4, 0.5) is 5.95 Å². The van der Waals surface area contributed by atoms with E-state index >= 15 is 0 Å². The second-order valence-corrected chi connectivity index (χ2v) is 7.98. The minimum absolute atomic E-state index is 0.0103. The van der Waals surface area contributed by atoms with Crippen molar-refractivity contribution in [3.8, 4) is 0 Å². The SMILES string of the molecule is Cc1cccc(CN2CCCC3(CCc4c3nc(N(C)C)[nH]c4=O)C2)n1. The second-order valence-electron chi connectivity index (χ2n) is 7.98. The summed E-state index contributed by atoms with van der Waals surface area (Å²) in [5.41, 5.74) is 4.15. The Hall–Kier alpha value is -2.21. The van der Waals surface area contributed by atoms with Crippen LogP contribution in [0.2, 0.25) is 0 Å². The Kier molecular flexibility index (Phi) is 4.31. The molecule has 26 heavy (non-hydrogen) atoms. The van der Waals surface area contributed by atoms with Gasteiger partial charge in [-0.3, -0.25) is 19.7 Å². The number of aromatic amines is 1. The number of aromatic nitrogens is 3. The second kappa shape index (κ2) is 6.50. The van der Waals surface area contributed by atoms with E-state index in [2.05, 4.69) is 27.0 Å². The molecule has 0 bridgehead atoms. The van der Waals surface area contributed by atoms with Gasteiger partial charge >= 0.3 is 0 Å². The van der Waals surface area contributed by atoms with E-state index in [1.807, 2.05) is 32.0 Å². The third kappa shape index (κ3) is 3.03. The molecule has 1 aliphatic heterocycles. The number of hydrogen-bond donors (Lipinski definition) is 1. The van der Waals surface area contributed by atoms with E-state index in [0.717, 1.165) is 68.0 Å². The maximum Gasteiger partial charge on any atom is 0.255 e. The zero-order valence-electron chi connectivity index (χ0n) is 15.9. The molecule has 4 rings (SSSR count). The molecule has 1 aliphatic carbocycles. The van der Waals surface area contributed by atoms with Crippen LogP contribution in [-0.2, 0) is 18.4 Å². The van der Waals surface area contributed by atoms with Gasteiger partial charge in [0.25, 0.3) is 5.56 Å². The molecule has 6 heteroatoms. The lowest BCUT2D eigenvalue weighted by atomic mass is 9.77. The van der Waals surface area contributed by atoms with E-state index in [1.165, 1.54) is 0 Å². The molecule has 1 unspecified atom stereocenters. The number of hydrogen-bond acceptors (Lipinski definition) is 5. The predicted molar refractivity (Wildman–Crippen MR) is 103 cm³/mol. The predicted octanol–water partition coefficient (Wildman–Crippen LogP) is 2.02. The van der Waals surface area contributed by atoms with E-state index in [-0.39, 0.29) is 11.0 Å². The van der Waals surface area contributed by atoms with Crippen LogP contribution in [0, 0.1) is 6.92 Å². The van der Waals surface area contributed by atoms with Crippen LogP contribution >= 0.6 is 0 Å². The molecule has 0 amide bonds. The normalized spacial score (nSPS) is 22.6. The van der Waals surface area contributed by atoms with Crippen LogP contribution in [0.25, 0.3) is 0 Å². The summed E-state index contributed by atoms with van der Waals surface area (Å²) in [5.74, 6) is 0.660. The monoisotopic (exact) mass is 353 g/mol. The standard InChI is InChI=1S/C20H27N5O/c1-14-6-4-7-15(21-14)12-25-11-5-9-20(13-25)10-8-16-17(20)22-19(24(2)3)23-18(16)26/h4,6-7H,5,8-13H2,1-3H3,(H,22,23,26). The lowest BCUT2D eigenvalue weighted by molar-refractivity contribution is 0.135. The molecule has 0 saturated carbocycles. The highest BCUT2D eigenvalue weighted by Gasteiger charge is 2.44. The fourth-order valence-corrected chi connectivity index (χ4v) is 4.53. The minimum atomic E-state index is 0.0103. The molecule has 0 aromatic carbocycles. The van der Waals surface area contributed by atoms with Gasteiger partial charge in [-0.05, 0) is 51.3 Å². The zero-order valence-corrected chi connectivity index (χ0v) is 15.9. The van der Waals surface area contributed by atoms with Crippen LogP contribution in [0.5, 0.6) is 0 Å². The van der Waals surface area contributed by atoms with Gasteiger partial charge in [0.05, 0.1) is 11.4 Å². The summed E-state index contributed by atoms with van der Waals surface area (Å²) in [5, 5.41) is 0. The van der Waals surface area contributed by atoms with Crippen molar-refractivity contribution in [3.63, 3.8) is 0 Å². The van der Waals surface area contributed by atoms with Gasteiger partial charge in [-0.1, -0.05) is 6.07 Å². The van der Waals surface area contributed by atoms with Crippen molar-refractivity contribution in [2.45, 2.75) is 44.6 Å². The molecule has 2 aromatic heterocycles. The number of aryl methyl sites for hydroxylation is 1. The summed E-state index contributed by atoms with van der Waals surface area (Å²) < 4.78 is 0. The molecule has 1 atom stereocenters. The first kappa shape index (κ1) is 17.2. The van der Waals surface area contributed by atoms with Crippen molar-refractivity contribution >= 4 is 5.95 Å². The first-order valence-electron chi connectivity index (χ1n) is 9.43. The van der Waals surface area contributed by atoms with Crippen molar-refractivity contribution < 1.29 is 0 Å². The molecule has 1 saturated heterocycles. The van der Waals surface area contributed by atoms with Crippen LogP contribution in [-0.4, -0.2) is 47.0 Å². The van der Waals surface area contributed by atoms with Crippen molar-refractivity contribution in [2.24, 2.45) is 0 Å². The van der Waals surface area contributed by atoms with E-state index < -0.39 is 0 Å². The largest absolute Gasteiger partial charge is 0.348 e. The fourth-order valence-electron chi connectivity index (χ4n) is 4.53. The highest BCUT2D eigenvalue weighted by molar-refractivity contribution is 5.39. The third-order valence-electron chi connectivity index (χ3n) is 5.77. The van der Waals surface area contributed by atoms with Crippen molar-refractivity contribution in [1.82, 2.24) is 19.9 Å². The number of piperidine rings is 1. The Morgan fingerprint density at radius 1 is 1.27 bits per heavy atom. The number of rotatable bonds is 3. The van der Waals surface area contributed by atoms with Gasteiger partial charge < -0.3 is 4.90 Å². The van der Waals surface area contributed by atoms with Crippen LogP contribution in [0.15, 0.2) is 23.0 Å². The molecule has 6 nitrogen and oxygen atoms in total. The number of pyridine rings is 1. The Bertz CT molecular complexity index is 875. The smallest absolute Gasteiger partial charge is 0.255 e. The minimum Gasteiger partial charge on any atom is -0.348 e. The summed E-state index contributed by atoms with van der Waals surface area (Å²) >= 11 is 0. The Morgan fingerprint density at radius 2 is 2.12 bits per heavy atom. The summed E-state index contributed by atoms with van der Waals surface area (Å²) in [7, 11) is 3.84. The van der Waals surface area contributed by atoms with Gasteiger partial charge in [0.1, 0.15) is 0 Å². The Balaban J connectivity index is 1.63. The Labute approximate surface area is 154 Å². The van der Waals surface area contributed by atoms with Crippen molar-refractivity contribution in [2.75, 3.05) is 32.1 Å². The molecule has 2 aromatic rings. The zero-order chi connectivity index (χ0) is 18.3. The molecule has 138 valence electrons. The number of likely N-dealkylation sites (tertiary alicyclic amines) is 1. The van der Waals surface area contributed by atoms with Gasteiger partial charge in [0.15, 0.2) is 0 Å². The third-order valence-corrected chi connectivity index (χ3v) is 5.77. The summed E-state index contributed by atoms with van der Waals surface area (Å²) in [6, 6.07) is 6.21. The molecule has 1 N–H and O–H groups in total. The van der Waals surface area contributed by atoms with Crippen LogP contribution in [0.1, 0.15) is 41.9 Å². The van der Waals surface area contributed by atoms with Crippen molar-refractivity contribution in [3.05, 3.63) is 51.2 Å². The maximum absolute atomic E-state index is 12.5. The number of anilines is 1. The fraction of sp³-hybridized carbons (Fsp3) is 0.550. The molecule has 1 spiro atoms. The first-order chi connectivity index (χ1) is 12.5. The molecule has 2 aliphatic rings. The van der Waals surface area contributed by atoms with Gasteiger partial charge in [0, 0.05) is 43.9 Å². The average molecular weight is 353 g/mol. The number of nitrogens with one attached hydrogen (secondary N) is 1. The van der Waals surface area contributed by atoms with E-state index in [9.17, 15) is 4.79 Å². The number of H-pyrrole nitrogens is 1. The first-order valence-corrected chi connectivity index (χ1v) is 9.43. The maximum atomic E-state index is 12.5. The Morgan fingerprint density at radius 3 is 2.88 bits per heavy atom. The molecule has 3 heterocycles. The highest BCUT2D eigenvalue weighted by Crippen LogP contribution is 2.43. The van der Waals surface area contributed by atoms with Crippen LogP contribution in [0.3, 0.4) is 0 Å². The molecular weight excluding hydrogens is 326 g/mol. The summed E-state index contributed by atoms with van der Waals surface area (Å²) in [6.45, 7) is 4.94. The topological polar surface area (TPSA) is 65.1 Å². The number of fused-ring (bicyclic) bond motifs is 2. The highest BCUT2D eigenvalue weighted by atomic mass is 16.1. The van der Waals surface area contributed by atoms with E-state index in [1.54, 1.807) is 0 Å². The quantitative estimate of drug-likeness (QED) is 0.915. The van der Waals surface area contributed by atoms with Gasteiger partial charge in [0.2, 0.25) is 5.95 Å². The molecular formula is C20H27N5O. The molecule has 0 radical (unpaired) electrons. The lowest BCUT2D eigenvalue weighted by Crippen LogP contribution is -2.45. The average Bonchev–Trinajstić information content (AvgIpc) is 2.93. The van der Waals surface area contributed by atoms with Gasteiger partial charge in [-0.15, -0.1) is 0 Å². The number of nitrogens with zero attached hydrogens (tertiary/aromatic N) is 4. The van der Waals surface area contributed by atoms with E-state index in [0.29, 0.717) is 5.95 Å². The lowest BCUT2D eigenvalue weighted by Gasteiger charge is -2.40. The van der Waals surface area contributed by atoms with Crippen LogP contribution < -0.4 is 10.5 Å². The van der Waals surface area contributed by atoms with E-state index in [4.69, 9.17) is 4.98 Å². The van der Waals surface area contributed by atoms with Crippen molar-refractivity contribution in [1.29, 1.82) is 0 Å². The summed E-state index contributed by atoms with van der Waals surface area (Å²) in [4.78, 5) is 29.3. The van der Waals surface area contributed by atoms with Gasteiger partial charge in [-0.25, -0.2) is 4.98 Å². The molecule has 1 fully saturated rings. The van der Waals surface area contributed by atoms with Gasteiger partial charge in [-0.2, -0.15) is 0 Å². The summed E-state index contributed by atoms with van der Waals surface area (Å²) in [6.07, 6.45) is 4.10.